The van der Waals surface area contributed by atoms with Crippen molar-refractivity contribution < 1.29 is 0 Å². The second kappa shape index (κ2) is 6.81. The average molecular weight is 364 g/mol. The molecule has 4 nitrogen and oxygen atoms in total. The van der Waals surface area contributed by atoms with E-state index in [1.54, 1.807) is 15.3 Å². The lowest BCUT2D eigenvalue weighted by atomic mass is 10.1. The smallest absolute Gasteiger partial charge is 0.276 e. The van der Waals surface area contributed by atoms with Crippen LogP contribution in [0.25, 0.3) is 16.8 Å². The van der Waals surface area contributed by atoms with Crippen LogP contribution in [-0.2, 0) is 13.0 Å². The quantitative estimate of drug-likeness (QED) is 0.538. The summed E-state index contributed by atoms with van der Waals surface area (Å²) in [6.45, 7) is 2.63. The van der Waals surface area contributed by atoms with Gasteiger partial charge in [-0.25, -0.2) is 4.52 Å². The van der Waals surface area contributed by atoms with Crippen LogP contribution in [0.2, 0.25) is 5.02 Å². The molecule has 4 rings (SSSR count). The van der Waals surface area contributed by atoms with Crippen molar-refractivity contribution in [2.24, 2.45) is 0 Å². The van der Waals surface area contributed by atoms with Crippen molar-refractivity contribution in [3.05, 3.63) is 93.5 Å². The van der Waals surface area contributed by atoms with Crippen LogP contribution in [0.1, 0.15) is 18.1 Å². The van der Waals surface area contributed by atoms with Gasteiger partial charge in [0.1, 0.15) is 5.52 Å². The van der Waals surface area contributed by atoms with E-state index >= 15 is 0 Å². The summed E-state index contributed by atoms with van der Waals surface area (Å²) in [7, 11) is 0. The van der Waals surface area contributed by atoms with E-state index in [-0.39, 0.29) is 5.56 Å². The number of aryl methyl sites for hydroxylation is 1. The molecule has 4 aromatic rings. The van der Waals surface area contributed by atoms with Crippen molar-refractivity contribution in [1.29, 1.82) is 0 Å². The molecule has 0 unspecified atom stereocenters. The summed E-state index contributed by atoms with van der Waals surface area (Å²) in [6, 6.07) is 17.7. The zero-order chi connectivity index (χ0) is 18.1. The topological polar surface area (TPSA) is 39.3 Å². The van der Waals surface area contributed by atoms with Gasteiger partial charge in [-0.2, -0.15) is 5.10 Å². The molecule has 0 bridgehead atoms. The van der Waals surface area contributed by atoms with Crippen LogP contribution in [0.3, 0.4) is 0 Å². The van der Waals surface area contributed by atoms with E-state index in [0.29, 0.717) is 17.1 Å². The first-order chi connectivity index (χ1) is 12.6. The maximum atomic E-state index is 12.8. The molecule has 0 fully saturated rings. The highest BCUT2D eigenvalue weighted by molar-refractivity contribution is 6.30. The first kappa shape index (κ1) is 16.6. The summed E-state index contributed by atoms with van der Waals surface area (Å²) >= 11 is 5.92. The summed E-state index contributed by atoms with van der Waals surface area (Å²) in [6.07, 6.45) is 4.58. The molecule has 2 aromatic heterocycles. The third-order valence-electron chi connectivity index (χ3n) is 4.53. The SMILES string of the molecule is CCc1ccc(-c2cc3c(=O)n(Cc4ccc(Cl)cc4)ccn3n2)cc1. The van der Waals surface area contributed by atoms with E-state index in [1.165, 1.54) is 5.56 Å². The van der Waals surface area contributed by atoms with Crippen LogP contribution in [0.4, 0.5) is 0 Å². The molecule has 0 radical (unpaired) electrons. The fourth-order valence-corrected chi connectivity index (χ4v) is 3.12. The van der Waals surface area contributed by atoms with Crippen LogP contribution in [-0.4, -0.2) is 14.2 Å². The molecule has 130 valence electrons. The van der Waals surface area contributed by atoms with E-state index in [0.717, 1.165) is 23.2 Å². The van der Waals surface area contributed by atoms with Crippen molar-refractivity contribution in [3.63, 3.8) is 0 Å². The minimum atomic E-state index is -0.0635. The Morgan fingerprint density at radius 3 is 2.35 bits per heavy atom. The molecule has 5 heteroatoms. The second-order valence-corrected chi connectivity index (χ2v) is 6.70. The van der Waals surface area contributed by atoms with Gasteiger partial charge in [0.25, 0.3) is 5.56 Å². The molecule has 0 aliphatic heterocycles. The molecule has 26 heavy (non-hydrogen) atoms. The molecule has 2 heterocycles. The fraction of sp³-hybridized carbons (Fsp3) is 0.143. The number of nitrogens with zero attached hydrogens (tertiary/aromatic N) is 3. The van der Waals surface area contributed by atoms with Gasteiger partial charge in [-0.15, -0.1) is 0 Å². The molecule has 0 atom stereocenters. The molecular weight excluding hydrogens is 346 g/mol. The minimum absolute atomic E-state index is 0.0635. The Labute approximate surface area is 156 Å². The van der Waals surface area contributed by atoms with Crippen molar-refractivity contribution in [1.82, 2.24) is 14.2 Å². The van der Waals surface area contributed by atoms with Crippen LogP contribution in [0.5, 0.6) is 0 Å². The highest BCUT2D eigenvalue weighted by Crippen LogP contribution is 2.19. The van der Waals surface area contributed by atoms with Crippen molar-refractivity contribution >= 4 is 17.1 Å². The summed E-state index contributed by atoms with van der Waals surface area (Å²) in [5, 5.41) is 5.23. The average Bonchev–Trinajstić information content (AvgIpc) is 3.11. The Hall–Kier alpha value is -2.85. The molecule has 0 aliphatic rings. The summed E-state index contributed by atoms with van der Waals surface area (Å²) in [5.74, 6) is 0. The van der Waals surface area contributed by atoms with Gasteiger partial charge in [0, 0.05) is 23.0 Å². The van der Waals surface area contributed by atoms with Gasteiger partial charge in [0.15, 0.2) is 0 Å². The third kappa shape index (κ3) is 3.16. The Morgan fingerprint density at radius 2 is 1.65 bits per heavy atom. The number of hydrogen-bond donors (Lipinski definition) is 0. The summed E-state index contributed by atoms with van der Waals surface area (Å²) < 4.78 is 3.33. The lowest BCUT2D eigenvalue weighted by Crippen LogP contribution is -2.21. The first-order valence-corrected chi connectivity index (χ1v) is 8.94. The Bertz CT molecular complexity index is 1110. The van der Waals surface area contributed by atoms with Gasteiger partial charge in [-0.3, -0.25) is 4.79 Å². The van der Waals surface area contributed by atoms with Gasteiger partial charge in [0.05, 0.1) is 12.2 Å². The lowest BCUT2D eigenvalue weighted by Gasteiger charge is -2.06. The van der Waals surface area contributed by atoms with Crippen molar-refractivity contribution in [3.8, 4) is 11.3 Å². The number of aromatic nitrogens is 3. The predicted octanol–water partition coefficient (Wildman–Crippen LogP) is 4.43. The first-order valence-electron chi connectivity index (χ1n) is 8.56. The van der Waals surface area contributed by atoms with Crippen LogP contribution >= 0.6 is 11.6 Å². The molecule has 0 spiro atoms. The monoisotopic (exact) mass is 363 g/mol. The Balaban J connectivity index is 1.71. The molecule has 0 N–H and O–H groups in total. The third-order valence-corrected chi connectivity index (χ3v) is 4.78. The van der Waals surface area contributed by atoms with Gasteiger partial charge in [-0.05, 0) is 35.7 Å². The lowest BCUT2D eigenvalue weighted by molar-refractivity contribution is 0.743. The normalized spacial score (nSPS) is 11.2. The Morgan fingerprint density at radius 1 is 0.962 bits per heavy atom. The highest BCUT2D eigenvalue weighted by Gasteiger charge is 2.09. The van der Waals surface area contributed by atoms with Crippen LogP contribution < -0.4 is 5.56 Å². The second-order valence-electron chi connectivity index (χ2n) is 6.27. The van der Waals surface area contributed by atoms with E-state index in [4.69, 9.17) is 11.6 Å². The maximum Gasteiger partial charge on any atom is 0.276 e. The van der Waals surface area contributed by atoms with E-state index in [9.17, 15) is 4.79 Å². The largest absolute Gasteiger partial charge is 0.308 e. The minimum Gasteiger partial charge on any atom is -0.308 e. The van der Waals surface area contributed by atoms with Gasteiger partial charge in [-0.1, -0.05) is 54.9 Å². The van der Waals surface area contributed by atoms with Gasteiger partial charge >= 0.3 is 0 Å². The molecule has 0 aliphatic carbocycles. The number of rotatable bonds is 4. The number of fused-ring (bicyclic) bond motifs is 1. The standard InChI is InChI=1S/C21H18ClN3O/c1-2-15-3-7-17(8-4-15)19-13-20-21(26)24(11-12-25(20)23-19)14-16-5-9-18(22)10-6-16/h3-13H,2,14H2,1H3. The van der Waals surface area contributed by atoms with Crippen LogP contribution in [0, 0.1) is 0 Å². The Kier molecular flexibility index (Phi) is 4.35. The van der Waals surface area contributed by atoms with Gasteiger partial charge in [0.2, 0.25) is 0 Å². The van der Waals surface area contributed by atoms with Crippen LogP contribution in [0.15, 0.2) is 71.8 Å². The summed E-state index contributed by atoms with van der Waals surface area (Å²) in [5.41, 5.74) is 4.62. The van der Waals surface area contributed by atoms with Crippen molar-refractivity contribution in [2.75, 3.05) is 0 Å². The molecule has 2 aromatic carbocycles. The van der Waals surface area contributed by atoms with E-state index in [1.807, 2.05) is 48.7 Å². The van der Waals surface area contributed by atoms with Crippen molar-refractivity contribution in [2.45, 2.75) is 19.9 Å². The maximum absolute atomic E-state index is 12.8. The molecule has 0 saturated heterocycles. The number of hydrogen-bond acceptors (Lipinski definition) is 2. The zero-order valence-electron chi connectivity index (χ0n) is 14.4. The van der Waals surface area contributed by atoms with Gasteiger partial charge < -0.3 is 4.57 Å². The van der Waals surface area contributed by atoms with E-state index in [2.05, 4.69) is 24.2 Å². The fourth-order valence-electron chi connectivity index (χ4n) is 2.99. The summed E-state index contributed by atoms with van der Waals surface area (Å²) in [4.78, 5) is 12.8. The molecular formula is C21H18ClN3O. The highest BCUT2D eigenvalue weighted by atomic mass is 35.5. The number of benzene rings is 2. The molecule has 0 saturated carbocycles. The number of halogens is 1. The van der Waals surface area contributed by atoms with E-state index < -0.39 is 0 Å². The predicted molar refractivity (Wildman–Crippen MR) is 105 cm³/mol. The zero-order valence-corrected chi connectivity index (χ0v) is 15.1. The molecule has 0 amide bonds.